The predicted octanol–water partition coefficient (Wildman–Crippen LogP) is 2.72. The number of carbonyl (C=O) groups is 1. The molecule has 126 valence electrons. The predicted molar refractivity (Wildman–Crippen MR) is 93.2 cm³/mol. The Hall–Kier alpha value is -1.78. The number of carbonyl (C=O) groups excluding carboxylic acids is 1. The first-order valence-electron chi connectivity index (χ1n) is 8.86. The molecule has 2 heterocycles. The van der Waals surface area contributed by atoms with Crippen LogP contribution in [0.5, 0.6) is 0 Å². The molecule has 1 amide bonds. The fraction of sp³-hybridized carbons (Fsp3) is 0.667. The largest absolute Gasteiger partial charge is 0.384 e. The van der Waals surface area contributed by atoms with Crippen molar-refractivity contribution in [1.29, 1.82) is 0 Å². The number of piperidine rings is 1. The minimum absolute atomic E-state index is 0.191. The summed E-state index contributed by atoms with van der Waals surface area (Å²) in [5.74, 6) is 0.783. The maximum Gasteiger partial charge on any atom is 0.219 e. The van der Waals surface area contributed by atoms with Gasteiger partial charge in [-0.25, -0.2) is 4.98 Å². The zero-order valence-electron chi connectivity index (χ0n) is 14.1. The highest BCUT2D eigenvalue weighted by atomic mass is 16.1. The maximum atomic E-state index is 11.5. The van der Waals surface area contributed by atoms with Crippen LogP contribution in [0, 0.1) is 5.41 Å². The highest BCUT2D eigenvalue weighted by Gasteiger charge is 2.38. The van der Waals surface area contributed by atoms with Gasteiger partial charge in [0, 0.05) is 43.5 Å². The summed E-state index contributed by atoms with van der Waals surface area (Å²) in [5.41, 5.74) is 7.48. The van der Waals surface area contributed by atoms with Crippen LogP contribution in [0.3, 0.4) is 0 Å². The summed E-state index contributed by atoms with van der Waals surface area (Å²) < 4.78 is 0. The minimum Gasteiger partial charge on any atom is -0.384 e. The van der Waals surface area contributed by atoms with E-state index in [0.717, 1.165) is 25.9 Å². The molecule has 1 aromatic rings. The van der Waals surface area contributed by atoms with Gasteiger partial charge in [0.1, 0.15) is 5.82 Å². The summed E-state index contributed by atoms with van der Waals surface area (Å²) in [6.07, 6.45) is 9.61. The van der Waals surface area contributed by atoms with Crippen molar-refractivity contribution in [1.82, 2.24) is 10.3 Å². The second kappa shape index (κ2) is 6.77. The number of nitrogens with one attached hydrogen (secondary N) is 1. The average molecular weight is 316 g/mol. The van der Waals surface area contributed by atoms with E-state index in [0.29, 0.717) is 23.7 Å². The van der Waals surface area contributed by atoms with Gasteiger partial charge in [-0.2, -0.15) is 0 Å². The average Bonchev–Trinajstić information content (AvgIpc) is 2.58. The highest BCUT2D eigenvalue weighted by molar-refractivity contribution is 5.75. The van der Waals surface area contributed by atoms with Crippen LogP contribution in [0.25, 0.3) is 0 Å². The van der Waals surface area contributed by atoms with Crippen LogP contribution < -0.4 is 16.0 Å². The Morgan fingerprint density at radius 1 is 1.35 bits per heavy atom. The van der Waals surface area contributed by atoms with E-state index in [2.05, 4.69) is 15.2 Å². The van der Waals surface area contributed by atoms with Gasteiger partial charge in [0.15, 0.2) is 0 Å². The number of rotatable bonds is 3. The van der Waals surface area contributed by atoms with E-state index in [4.69, 9.17) is 5.73 Å². The molecule has 0 unspecified atom stereocenters. The number of nitrogens with two attached hydrogens (primary N) is 1. The summed E-state index contributed by atoms with van der Waals surface area (Å²) in [6, 6.07) is 4.41. The molecular formula is C18H28N4O. The van der Waals surface area contributed by atoms with E-state index in [1.165, 1.54) is 31.4 Å². The molecule has 1 saturated carbocycles. The minimum atomic E-state index is 0.191. The van der Waals surface area contributed by atoms with Crippen molar-refractivity contribution in [3.8, 4) is 0 Å². The SMILES string of the molecule is CCC(=O)NC1CCC2(CC1)CCN(c1ccnc(N)c1)CC2. The van der Waals surface area contributed by atoms with Crippen molar-refractivity contribution in [2.45, 2.75) is 57.9 Å². The van der Waals surface area contributed by atoms with Crippen LogP contribution in [-0.2, 0) is 4.79 Å². The zero-order chi connectivity index (χ0) is 16.3. The van der Waals surface area contributed by atoms with E-state index in [1.807, 2.05) is 19.1 Å². The van der Waals surface area contributed by atoms with Gasteiger partial charge < -0.3 is 16.0 Å². The lowest BCUT2D eigenvalue weighted by atomic mass is 9.67. The Bertz CT molecular complexity index is 542. The fourth-order valence-corrected chi connectivity index (χ4v) is 4.08. The summed E-state index contributed by atoms with van der Waals surface area (Å²) in [5, 5.41) is 3.16. The van der Waals surface area contributed by atoms with E-state index in [-0.39, 0.29) is 5.91 Å². The molecule has 1 aromatic heterocycles. The molecule has 5 nitrogen and oxygen atoms in total. The number of pyridine rings is 1. The molecule has 1 spiro atoms. The van der Waals surface area contributed by atoms with Crippen molar-refractivity contribution in [3.63, 3.8) is 0 Å². The van der Waals surface area contributed by atoms with Crippen molar-refractivity contribution in [2.75, 3.05) is 23.7 Å². The molecule has 1 aliphatic heterocycles. The van der Waals surface area contributed by atoms with Crippen molar-refractivity contribution in [3.05, 3.63) is 18.3 Å². The normalized spacial score (nSPS) is 21.3. The second-order valence-corrected chi connectivity index (χ2v) is 7.12. The van der Waals surface area contributed by atoms with E-state index in [1.54, 1.807) is 6.20 Å². The molecule has 0 atom stereocenters. The van der Waals surface area contributed by atoms with Gasteiger partial charge in [-0.1, -0.05) is 6.92 Å². The number of nitrogen functional groups attached to an aromatic ring is 1. The Labute approximate surface area is 138 Å². The molecule has 2 fully saturated rings. The van der Waals surface area contributed by atoms with Crippen LogP contribution in [0.2, 0.25) is 0 Å². The number of nitrogens with zero attached hydrogens (tertiary/aromatic N) is 2. The highest BCUT2D eigenvalue weighted by Crippen LogP contribution is 2.45. The molecule has 0 radical (unpaired) electrons. The molecule has 0 bridgehead atoms. The summed E-state index contributed by atoms with van der Waals surface area (Å²) in [6.45, 7) is 4.10. The molecule has 3 N–H and O–H groups in total. The molecule has 2 aliphatic rings. The molecular weight excluding hydrogens is 288 g/mol. The quantitative estimate of drug-likeness (QED) is 0.899. The lowest BCUT2D eigenvalue weighted by Gasteiger charge is -2.46. The van der Waals surface area contributed by atoms with Gasteiger partial charge in [-0.3, -0.25) is 4.79 Å². The van der Waals surface area contributed by atoms with Crippen molar-refractivity contribution in [2.24, 2.45) is 5.41 Å². The summed E-state index contributed by atoms with van der Waals surface area (Å²) >= 11 is 0. The smallest absolute Gasteiger partial charge is 0.219 e. The van der Waals surface area contributed by atoms with Crippen LogP contribution in [-0.4, -0.2) is 30.0 Å². The number of anilines is 2. The fourth-order valence-electron chi connectivity index (χ4n) is 4.08. The first-order valence-corrected chi connectivity index (χ1v) is 8.86. The van der Waals surface area contributed by atoms with Crippen LogP contribution in [0.4, 0.5) is 11.5 Å². The Morgan fingerprint density at radius 2 is 2.04 bits per heavy atom. The monoisotopic (exact) mass is 316 g/mol. The van der Waals surface area contributed by atoms with E-state index in [9.17, 15) is 4.79 Å². The molecule has 5 heteroatoms. The van der Waals surface area contributed by atoms with Crippen molar-refractivity contribution < 1.29 is 4.79 Å². The van der Waals surface area contributed by atoms with E-state index < -0.39 is 0 Å². The maximum absolute atomic E-state index is 11.5. The van der Waals surface area contributed by atoms with Gasteiger partial charge in [-0.15, -0.1) is 0 Å². The molecule has 3 rings (SSSR count). The standard InChI is InChI=1S/C18H28N4O/c1-2-17(23)21-14-3-6-18(7-4-14)8-11-22(12-9-18)15-5-10-20-16(19)13-15/h5,10,13-14H,2-4,6-9,11-12H2,1H3,(H2,19,20)(H,21,23). The lowest BCUT2D eigenvalue weighted by Crippen LogP contribution is -2.45. The molecule has 1 saturated heterocycles. The van der Waals surface area contributed by atoms with Crippen molar-refractivity contribution >= 4 is 17.4 Å². The Kier molecular flexibility index (Phi) is 4.74. The third-order valence-electron chi connectivity index (χ3n) is 5.69. The lowest BCUT2D eigenvalue weighted by molar-refractivity contribution is -0.121. The molecule has 1 aliphatic carbocycles. The number of hydrogen-bond donors (Lipinski definition) is 2. The van der Waals surface area contributed by atoms with Gasteiger partial charge in [0.25, 0.3) is 0 Å². The third kappa shape index (κ3) is 3.77. The zero-order valence-corrected chi connectivity index (χ0v) is 14.1. The topological polar surface area (TPSA) is 71.2 Å². The first-order chi connectivity index (χ1) is 11.1. The van der Waals surface area contributed by atoms with Gasteiger partial charge in [0.2, 0.25) is 5.91 Å². The number of hydrogen-bond acceptors (Lipinski definition) is 4. The summed E-state index contributed by atoms with van der Waals surface area (Å²) in [4.78, 5) is 18.0. The third-order valence-corrected chi connectivity index (χ3v) is 5.69. The Balaban J connectivity index is 1.52. The van der Waals surface area contributed by atoms with Gasteiger partial charge in [0.05, 0.1) is 0 Å². The number of amides is 1. The molecule has 23 heavy (non-hydrogen) atoms. The van der Waals surface area contributed by atoms with Crippen LogP contribution >= 0.6 is 0 Å². The van der Waals surface area contributed by atoms with E-state index >= 15 is 0 Å². The van der Waals surface area contributed by atoms with Crippen LogP contribution in [0.15, 0.2) is 18.3 Å². The molecule has 0 aromatic carbocycles. The van der Waals surface area contributed by atoms with Gasteiger partial charge in [-0.05, 0) is 50.0 Å². The van der Waals surface area contributed by atoms with Gasteiger partial charge >= 0.3 is 0 Å². The van der Waals surface area contributed by atoms with Crippen LogP contribution in [0.1, 0.15) is 51.9 Å². The second-order valence-electron chi connectivity index (χ2n) is 7.12. The number of aromatic nitrogens is 1. The Morgan fingerprint density at radius 3 is 2.65 bits per heavy atom. The summed E-state index contributed by atoms with van der Waals surface area (Å²) in [7, 11) is 0. The first kappa shape index (κ1) is 16.1.